The van der Waals surface area contributed by atoms with Gasteiger partial charge >= 0.3 is 11.9 Å². The van der Waals surface area contributed by atoms with Crippen molar-refractivity contribution in [2.45, 2.75) is 232 Å². The van der Waals surface area contributed by atoms with E-state index < -0.39 is 24.3 Å². The van der Waals surface area contributed by atoms with Crippen LogP contribution in [0.3, 0.4) is 0 Å². The van der Waals surface area contributed by atoms with Crippen LogP contribution in [0.25, 0.3) is 0 Å². The average molecular weight is 1020 g/mol. The molecule has 0 fully saturated rings. The molecule has 0 amide bonds. The summed E-state index contributed by atoms with van der Waals surface area (Å²) in [5, 5.41) is 11.8. The Bertz CT molecular complexity index is 1560. The van der Waals surface area contributed by atoms with Gasteiger partial charge in [-0.15, -0.1) is 0 Å². The fraction of sp³-hybridized carbons (Fsp3) is 0.672. The van der Waals surface area contributed by atoms with E-state index in [4.69, 9.17) is 18.9 Å². The Balaban J connectivity index is 4.34. The number of rotatable bonds is 52. The van der Waals surface area contributed by atoms with Gasteiger partial charge in [0, 0.05) is 12.8 Å². The van der Waals surface area contributed by atoms with Crippen LogP contribution >= 0.6 is 0 Å². The quantitative estimate of drug-likeness (QED) is 0.0195. The zero-order valence-corrected chi connectivity index (χ0v) is 47.2. The number of unbranched alkanes of at least 4 members (excludes halogenated alkanes) is 19. The third kappa shape index (κ3) is 55.5. The summed E-state index contributed by atoms with van der Waals surface area (Å²) in [7, 11) is 5.90. The minimum atomic E-state index is -1.63. The van der Waals surface area contributed by atoms with E-state index >= 15 is 0 Å². The van der Waals surface area contributed by atoms with Crippen molar-refractivity contribution >= 4 is 17.9 Å². The van der Waals surface area contributed by atoms with Gasteiger partial charge in [-0.25, -0.2) is 0 Å². The minimum Gasteiger partial charge on any atom is -0.545 e. The van der Waals surface area contributed by atoms with Crippen molar-refractivity contribution < 1.29 is 42.9 Å². The number of hydrogen-bond acceptors (Lipinski definition) is 8. The highest BCUT2D eigenvalue weighted by Crippen LogP contribution is 2.14. The molecule has 0 aromatic heterocycles. The Morgan fingerprint density at radius 2 is 0.781 bits per heavy atom. The van der Waals surface area contributed by atoms with Gasteiger partial charge in [0.15, 0.2) is 12.4 Å². The maximum Gasteiger partial charge on any atom is 0.306 e. The average Bonchev–Trinajstić information content (AvgIpc) is 3.36. The molecule has 9 heteroatoms. The predicted octanol–water partition coefficient (Wildman–Crippen LogP) is 15.8. The summed E-state index contributed by atoms with van der Waals surface area (Å²) in [6, 6.07) is 0. The molecule has 2 atom stereocenters. The molecule has 0 radical (unpaired) electrons. The van der Waals surface area contributed by atoms with E-state index in [9.17, 15) is 19.5 Å². The fourth-order valence-corrected chi connectivity index (χ4v) is 7.55. The maximum absolute atomic E-state index is 12.9. The monoisotopic (exact) mass is 1020 g/mol. The number of hydrogen-bond donors (Lipinski definition) is 0. The SMILES string of the molecule is CC/C=C\C/C=C\C/C=C\C/C=C\C/C=C\C/C=C\CCCCCCCCC(=O)OC(COC(=O)CCCCCCCCCC/C=C\C/C=C\C/C=C\CCCCCCC)COC(OCC[N+](C)(C)C)C(=O)[O-]. The largest absolute Gasteiger partial charge is 0.545 e. The number of likely N-dealkylation sites (N-methyl/N-ethyl adjacent to an activating group) is 1. The molecule has 0 saturated carbocycles. The van der Waals surface area contributed by atoms with Crippen molar-refractivity contribution in [1.29, 1.82) is 0 Å². The second-order valence-electron chi connectivity index (χ2n) is 20.2. The van der Waals surface area contributed by atoms with E-state index in [1.165, 1.54) is 64.2 Å². The molecule has 0 aliphatic heterocycles. The van der Waals surface area contributed by atoms with Gasteiger partial charge < -0.3 is 33.3 Å². The van der Waals surface area contributed by atoms with Gasteiger partial charge in [-0.1, -0.05) is 213 Å². The summed E-state index contributed by atoms with van der Waals surface area (Å²) in [5.41, 5.74) is 0. The van der Waals surface area contributed by atoms with Gasteiger partial charge in [0.2, 0.25) is 0 Å². The van der Waals surface area contributed by atoms with Crippen molar-refractivity contribution in [3.05, 3.63) is 109 Å². The normalized spacial score (nSPS) is 13.6. The first kappa shape index (κ1) is 69.0. The van der Waals surface area contributed by atoms with Gasteiger partial charge in [-0.05, 0) is 103 Å². The molecule has 0 aromatic carbocycles. The molecule has 0 heterocycles. The molecule has 0 aliphatic carbocycles. The van der Waals surface area contributed by atoms with Crippen molar-refractivity contribution in [2.75, 3.05) is 47.5 Å². The van der Waals surface area contributed by atoms with Crippen LogP contribution in [-0.2, 0) is 33.3 Å². The van der Waals surface area contributed by atoms with Crippen LogP contribution in [0.1, 0.15) is 219 Å². The standard InChI is InChI=1S/C64H107NO8/c1-6-8-10-12-14-16-18-20-22-24-26-28-30-31-33-35-37-39-41-43-45-47-49-51-53-55-62(67)73-60(59-72-64(63(68)69)70-57-56-65(3,4)5)58-71-61(66)54-52-50-48-46-44-42-40-38-36-34-32-29-27-25-23-21-19-17-15-13-11-9-7-2/h8,10,14,16,19-22,25-28,31-34,37,39,60,64H,6-7,9,11-13,15,17-18,23-24,29-30,35-36,38,40-59H2,1-5H3/b10-8-,16-14-,21-19-,22-20-,27-25-,28-26-,33-31-,34-32-,39-37-. The van der Waals surface area contributed by atoms with Crippen LogP contribution in [0.15, 0.2) is 109 Å². The molecule has 0 N–H and O–H groups in total. The third-order valence-corrected chi connectivity index (χ3v) is 12.0. The summed E-state index contributed by atoms with van der Waals surface area (Å²) in [5.74, 6) is -2.32. The number of quaternary nitrogens is 1. The summed E-state index contributed by atoms with van der Waals surface area (Å²) in [6.45, 7) is 4.58. The van der Waals surface area contributed by atoms with Crippen LogP contribution < -0.4 is 5.11 Å². The van der Waals surface area contributed by atoms with Gasteiger partial charge in [-0.2, -0.15) is 0 Å². The number of ether oxygens (including phenoxy) is 4. The zero-order valence-electron chi connectivity index (χ0n) is 47.2. The lowest BCUT2D eigenvalue weighted by Crippen LogP contribution is -2.44. The fourth-order valence-electron chi connectivity index (χ4n) is 7.55. The van der Waals surface area contributed by atoms with Crippen LogP contribution in [-0.4, -0.2) is 82.3 Å². The number of allylic oxidation sites excluding steroid dienone is 18. The number of carbonyl (C=O) groups excluding carboxylic acids is 3. The van der Waals surface area contributed by atoms with E-state index in [1.807, 2.05) is 21.1 Å². The molecule has 0 rings (SSSR count). The second kappa shape index (κ2) is 54.2. The van der Waals surface area contributed by atoms with E-state index in [1.54, 1.807) is 0 Å². The Labute approximate surface area is 447 Å². The highest BCUT2D eigenvalue weighted by molar-refractivity contribution is 5.70. The number of carboxylic acids is 1. The highest BCUT2D eigenvalue weighted by Gasteiger charge is 2.22. The van der Waals surface area contributed by atoms with E-state index in [0.717, 1.165) is 122 Å². The molecule has 0 spiro atoms. The zero-order chi connectivity index (χ0) is 53.4. The Morgan fingerprint density at radius 3 is 1.16 bits per heavy atom. The molecule has 73 heavy (non-hydrogen) atoms. The molecule has 416 valence electrons. The first-order valence-corrected chi connectivity index (χ1v) is 29.0. The van der Waals surface area contributed by atoms with Crippen molar-refractivity contribution in [1.82, 2.24) is 0 Å². The van der Waals surface area contributed by atoms with E-state index in [2.05, 4.69) is 123 Å². The van der Waals surface area contributed by atoms with Gasteiger partial charge in [0.05, 0.1) is 40.3 Å². The van der Waals surface area contributed by atoms with Crippen molar-refractivity contribution in [3.63, 3.8) is 0 Å². The van der Waals surface area contributed by atoms with Crippen LogP contribution in [0, 0.1) is 0 Å². The maximum atomic E-state index is 12.9. The molecule has 0 saturated heterocycles. The molecule has 0 aromatic rings. The van der Waals surface area contributed by atoms with Crippen LogP contribution in [0.4, 0.5) is 0 Å². The van der Waals surface area contributed by atoms with Crippen LogP contribution in [0.2, 0.25) is 0 Å². The lowest BCUT2D eigenvalue weighted by molar-refractivity contribution is -0.870. The smallest absolute Gasteiger partial charge is 0.306 e. The van der Waals surface area contributed by atoms with Gasteiger partial charge in [0.1, 0.15) is 13.2 Å². The van der Waals surface area contributed by atoms with Gasteiger partial charge in [-0.3, -0.25) is 9.59 Å². The topological polar surface area (TPSA) is 111 Å². The molecule has 0 aliphatic rings. The summed E-state index contributed by atoms with van der Waals surface area (Å²) in [6.07, 6.45) is 71.2. The summed E-state index contributed by atoms with van der Waals surface area (Å²) < 4.78 is 22.7. The first-order chi connectivity index (χ1) is 35.6. The number of esters is 2. The number of carboxylic acid groups (broad SMARTS) is 1. The predicted molar refractivity (Wildman–Crippen MR) is 306 cm³/mol. The second-order valence-corrected chi connectivity index (χ2v) is 20.2. The lowest BCUT2D eigenvalue weighted by Gasteiger charge is -2.26. The summed E-state index contributed by atoms with van der Waals surface area (Å²) >= 11 is 0. The summed E-state index contributed by atoms with van der Waals surface area (Å²) in [4.78, 5) is 37.3. The molecule has 0 bridgehead atoms. The number of aliphatic carboxylic acids is 1. The van der Waals surface area contributed by atoms with Gasteiger partial charge in [0.25, 0.3) is 0 Å². The molecule has 2 unspecified atom stereocenters. The van der Waals surface area contributed by atoms with Crippen molar-refractivity contribution in [2.24, 2.45) is 0 Å². The Kier molecular flexibility index (Phi) is 51.2. The molecular formula is C64H107NO8. The number of nitrogens with zero attached hydrogens (tertiary/aromatic N) is 1. The highest BCUT2D eigenvalue weighted by atomic mass is 16.7. The van der Waals surface area contributed by atoms with Crippen LogP contribution in [0.5, 0.6) is 0 Å². The van der Waals surface area contributed by atoms with E-state index in [0.29, 0.717) is 17.4 Å². The van der Waals surface area contributed by atoms with Crippen molar-refractivity contribution in [3.8, 4) is 0 Å². The third-order valence-electron chi connectivity index (χ3n) is 12.0. The van der Waals surface area contributed by atoms with E-state index in [-0.39, 0.29) is 38.6 Å². The minimum absolute atomic E-state index is 0.137. The molecular weight excluding hydrogens is 911 g/mol. The lowest BCUT2D eigenvalue weighted by atomic mass is 10.1. The Morgan fingerprint density at radius 1 is 0.425 bits per heavy atom. The molecule has 9 nitrogen and oxygen atoms in total. The first-order valence-electron chi connectivity index (χ1n) is 29.0. The Hall–Kier alpha value is -4.05. The number of carbonyl (C=O) groups is 3.